The minimum absolute atomic E-state index is 0.0172. The molecule has 1 aromatic heterocycles. The molecule has 0 fully saturated rings. The summed E-state index contributed by atoms with van der Waals surface area (Å²) in [5, 5.41) is 20.4. The van der Waals surface area contributed by atoms with Crippen molar-refractivity contribution in [2.24, 2.45) is 0 Å². The summed E-state index contributed by atoms with van der Waals surface area (Å²) in [7, 11) is 0. The molecule has 0 atom stereocenters. The molecule has 1 aromatic carbocycles. The van der Waals surface area contributed by atoms with Gasteiger partial charge in [-0.2, -0.15) is 0 Å². The van der Waals surface area contributed by atoms with Gasteiger partial charge in [0.2, 0.25) is 0 Å². The van der Waals surface area contributed by atoms with Crippen LogP contribution in [0.2, 0.25) is 0 Å². The molecule has 14 heavy (non-hydrogen) atoms. The van der Waals surface area contributed by atoms with Crippen molar-refractivity contribution in [3.05, 3.63) is 33.9 Å². The lowest BCUT2D eigenvalue weighted by Gasteiger charge is -1.96. The van der Waals surface area contributed by atoms with Crippen molar-refractivity contribution in [1.82, 2.24) is 4.98 Å². The molecule has 2 rings (SSSR count). The number of nitro groups is 1. The molecule has 2 aromatic rings. The van der Waals surface area contributed by atoms with Gasteiger partial charge in [-0.15, -0.1) is 0 Å². The summed E-state index contributed by atoms with van der Waals surface area (Å²) < 4.78 is 0. The molecule has 0 radical (unpaired) electrons. The first-order valence-corrected chi connectivity index (χ1v) is 4.04. The van der Waals surface area contributed by atoms with Gasteiger partial charge in [-0.05, 0) is 12.5 Å². The van der Waals surface area contributed by atoms with Gasteiger partial charge in [0, 0.05) is 23.6 Å². The molecule has 0 aliphatic heterocycles. The van der Waals surface area contributed by atoms with E-state index < -0.39 is 4.92 Å². The average Bonchev–Trinajstić information content (AvgIpc) is 2.45. The molecule has 2 N–H and O–H groups in total. The van der Waals surface area contributed by atoms with E-state index in [2.05, 4.69) is 4.98 Å². The van der Waals surface area contributed by atoms with Crippen molar-refractivity contribution >= 4 is 16.6 Å². The summed E-state index contributed by atoms with van der Waals surface area (Å²) in [5.41, 5.74) is 1.51. The maximum atomic E-state index is 10.5. The van der Waals surface area contributed by atoms with E-state index in [1.54, 1.807) is 6.92 Å². The molecule has 5 heteroatoms. The Hall–Kier alpha value is -2.04. The zero-order valence-electron chi connectivity index (χ0n) is 7.44. The fourth-order valence-corrected chi connectivity index (χ4v) is 1.50. The van der Waals surface area contributed by atoms with Crippen LogP contribution in [0.5, 0.6) is 5.88 Å². The smallest absolute Gasteiger partial charge is 0.270 e. The first kappa shape index (κ1) is 8.55. The Kier molecular flexibility index (Phi) is 1.67. The highest BCUT2D eigenvalue weighted by molar-refractivity contribution is 5.86. The molecule has 0 aliphatic carbocycles. The number of aromatic hydroxyl groups is 1. The van der Waals surface area contributed by atoms with Crippen molar-refractivity contribution in [2.75, 3.05) is 0 Å². The van der Waals surface area contributed by atoms with Crippen molar-refractivity contribution in [3.8, 4) is 5.88 Å². The van der Waals surface area contributed by atoms with Crippen LogP contribution in [0.4, 0.5) is 5.69 Å². The predicted octanol–water partition coefficient (Wildman–Crippen LogP) is 2.09. The number of nitrogens with zero attached hydrogens (tertiary/aromatic N) is 1. The van der Waals surface area contributed by atoms with Crippen LogP contribution in [0.15, 0.2) is 18.2 Å². The monoisotopic (exact) mass is 192 g/mol. The lowest BCUT2D eigenvalue weighted by atomic mass is 10.1. The van der Waals surface area contributed by atoms with Crippen molar-refractivity contribution < 1.29 is 10.0 Å². The Morgan fingerprint density at radius 1 is 1.43 bits per heavy atom. The zero-order chi connectivity index (χ0) is 10.3. The largest absolute Gasteiger partial charge is 0.495 e. The lowest BCUT2D eigenvalue weighted by molar-refractivity contribution is -0.384. The molecule has 0 unspecified atom stereocenters. The number of aryl methyl sites for hydroxylation is 1. The summed E-state index contributed by atoms with van der Waals surface area (Å²) in [6.45, 7) is 1.76. The van der Waals surface area contributed by atoms with E-state index in [4.69, 9.17) is 0 Å². The van der Waals surface area contributed by atoms with Gasteiger partial charge in [0.05, 0.1) is 10.4 Å². The van der Waals surface area contributed by atoms with E-state index in [-0.39, 0.29) is 11.6 Å². The summed E-state index contributed by atoms with van der Waals surface area (Å²) in [6, 6.07) is 4.37. The molecule has 0 bridgehead atoms. The van der Waals surface area contributed by atoms with E-state index in [1.807, 2.05) is 0 Å². The number of nitro benzene ring substituents is 1. The summed E-state index contributed by atoms with van der Waals surface area (Å²) in [5.74, 6) is 0.0172. The highest BCUT2D eigenvalue weighted by Crippen LogP contribution is 2.27. The topological polar surface area (TPSA) is 79.2 Å². The quantitative estimate of drug-likeness (QED) is 0.536. The first-order valence-electron chi connectivity index (χ1n) is 4.04. The third kappa shape index (κ3) is 1.19. The van der Waals surface area contributed by atoms with Gasteiger partial charge < -0.3 is 10.1 Å². The number of rotatable bonds is 1. The van der Waals surface area contributed by atoms with Crippen LogP contribution >= 0.6 is 0 Å². The van der Waals surface area contributed by atoms with Crippen LogP contribution in [-0.2, 0) is 0 Å². The number of aromatic nitrogens is 1. The van der Waals surface area contributed by atoms with Crippen LogP contribution in [0.25, 0.3) is 10.9 Å². The summed E-state index contributed by atoms with van der Waals surface area (Å²) >= 11 is 0. The van der Waals surface area contributed by atoms with Crippen LogP contribution in [0.3, 0.4) is 0 Å². The standard InChI is InChI=1S/C9H8N2O3/c1-5-2-7(11(13)14)3-6-4-8(12)10-9(5)6/h2-4,10,12H,1H3. The Morgan fingerprint density at radius 2 is 2.14 bits per heavy atom. The second-order valence-corrected chi connectivity index (χ2v) is 3.14. The molecule has 0 aliphatic rings. The number of H-pyrrole nitrogens is 1. The molecule has 0 saturated heterocycles. The van der Waals surface area contributed by atoms with Gasteiger partial charge in [0.15, 0.2) is 5.88 Å². The lowest BCUT2D eigenvalue weighted by Crippen LogP contribution is -1.88. The third-order valence-corrected chi connectivity index (χ3v) is 2.11. The van der Waals surface area contributed by atoms with E-state index in [1.165, 1.54) is 18.2 Å². The van der Waals surface area contributed by atoms with Crippen molar-refractivity contribution in [1.29, 1.82) is 0 Å². The van der Waals surface area contributed by atoms with E-state index in [0.717, 1.165) is 11.1 Å². The Balaban J connectivity index is 2.77. The second-order valence-electron chi connectivity index (χ2n) is 3.14. The minimum Gasteiger partial charge on any atom is -0.495 e. The number of fused-ring (bicyclic) bond motifs is 1. The third-order valence-electron chi connectivity index (χ3n) is 2.11. The maximum Gasteiger partial charge on any atom is 0.270 e. The molecule has 0 amide bonds. The van der Waals surface area contributed by atoms with Crippen LogP contribution < -0.4 is 0 Å². The minimum atomic E-state index is -0.448. The van der Waals surface area contributed by atoms with E-state index in [0.29, 0.717) is 5.39 Å². The molecule has 0 spiro atoms. The van der Waals surface area contributed by atoms with Crippen LogP contribution in [-0.4, -0.2) is 15.0 Å². The van der Waals surface area contributed by atoms with Crippen molar-refractivity contribution in [3.63, 3.8) is 0 Å². The Morgan fingerprint density at radius 3 is 2.79 bits per heavy atom. The van der Waals surface area contributed by atoms with Crippen molar-refractivity contribution in [2.45, 2.75) is 6.92 Å². The van der Waals surface area contributed by atoms with E-state index in [9.17, 15) is 15.2 Å². The molecule has 72 valence electrons. The number of hydrogen-bond acceptors (Lipinski definition) is 3. The number of hydrogen-bond donors (Lipinski definition) is 2. The van der Waals surface area contributed by atoms with Crippen LogP contribution in [0, 0.1) is 17.0 Å². The molecule has 0 saturated carbocycles. The fourth-order valence-electron chi connectivity index (χ4n) is 1.50. The highest BCUT2D eigenvalue weighted by atomic mass is 16.6. The van der Waals surface area contributed by atoms with Gasteiger partial charge in [0.1, 0.15) is 0 Å². The number of aromatic amines is 1. The van der Waals surface area contributed by atoms with Gasteiger partial charge in [-0.1, -0.05) is 0 Å². The average molecular weight is 192 g/mol. The van der Waals surface area contributed by atoms with Gasteiger partial charge in [-0.3, -0.25) is 10.1 Å². The predicted molar refractivity (Wildman–Crippen MR) is 51.4 cm³/mol. The maximum absolute atomic E-state index is 10.5. The molecule has 5 nitrogen and oxygen atoms in total. The SMILES string of the molecule is Cc1cc([N+](=O)[O-])cc2cc(O)[nH]c12. The van der Waals surface area contributed by atoms with E-state index >= 15 is 0 Å². The summed E-state index contributed by atoms with van der Waals surface area (Å²) in [4.78, 5) is 12.8. The Labute approximate surface area is 79.1 Å². The zero-order valence-corrected chi connectivity index (χ0v) is 7.44. The Bertz CT molecular complexity index is 516. The molecular formula is C9H8N2O3. The number of nitrogens with one attached hydrogen (secondary N) is 1. The normalized spacial score (nSPS) is 10.6. The highest BCUT2D eigenvalue weighted by Gasteiger charge is 2.10. The fraction of sp³-hybridized carbons (Fsp3) is 0.111. The van der Waals surface area contributed by atoms with Crippen LogP contribution in [0.1, 0.15) is 5.56 Å². The number of benzene rings is 1. The van der Waals surface area contributed by atoms with Gasteiger partial charge >= 0.3 is 0 Å². The summed E-state index contributed by atoms with van der Waals surface area (Å²) in [6.07, 6.45) is 0. The molecular weight excluding hydrogens is 184 g/mol. The second kappa shape index (κ2) is 2.73. The molecule has 1 heterocycles. The first-order chi connectivity index (χ1) is 6.58. The van der Waals surface area contributed by atoms with Gasteiger partial charge in [-0.25, -0.2) is 0 Å². The van der Waals surface area contributed by atoms with Gasteiger partial charge in [0.25, 0.3) is 5.69 Å². The number of non-ortho nitro benzene ring substituents is 1.